The molecule has 0 bridgehead atoms. The van der Waals surface area contributed by atoms with Crippen molar-refractivity contribution in [3.8, 4) is 0 Å². The number of nitrogens with zero attached hydrogens (tertiary/aromatic N) is 1. The van der Waals surface area contributed by atoms with Crippen LogP contribution in [0, 0.1) is 23.7 Å². The van der Waals surface area contributed by atoms with Crippen molar-refractivity contribution in [2.24, 2.45) is 23.7 Å². The Balaban J connectivity index is 1.02. The molecule has 7 saturated heterocycles. The number of amides is 2. The molecule has 0 aromatic rings. The van der Waals surface area contributed by atoms with Crippen molar-refractivity contribution in [1.82, 2.24) is 5.06 Å². The SMILES string of the molecule is C[C@@H]1C[C@@H]2O[C@@H]3[C@@H](C)[C@H](O)[C@@H]4OC5(CCCO5)[C@@H](C)[C@H](C)[C@H]4O[C@H]3C[C@H]2O[C@H]2COC(CC(=O)ON3C(=O)CCC3=O)O[C@@H]2C1. The zero-order valence-corrected chi connectivity index (χ0v) is 26.5. The molecular formula is C32H47NO12. The Hall–Kier alpha value is -1.71. The van der Waals surface area contributed by atoms with Gasteiger partial charge in [0.25, 0.3) is 11.8 Å². The minimum atomic E-state index is -0.879. The van der Waals surface area contributed by atoms with Crippen LogP contribution < -0.4 is 0 Å². The highest BCUT2D eigenvalue weighted by atomic mass is 16.7. The van der Waals surface area contributed by atoms with Gasteiger partial charge in [-0.25, -0.2) is 4.79 Å². The van der Waals surface area contributed by atoms with Gasteiger partial charge in [0.15, 0.2) is 12.1 Å². The van der Waals surface area contributed by atoms with Crippen molar-refractivity contribution < 1.29 is 57.5 Å². The van der Waals surface area contributed by atoms with Crippen molar-refractivity contribution in [3.63, 3.8) is 0 Å². The molecule has 15 atom stereocenters. The zero-order valence-electron chi connectivity index (χ0n) is 26.5. The fraction of sp³-hybridized carbons (Fsp3) is 0.906. The van der Waals surface area contributed by atoms with Gasteiger partial charge in [0, 0.05) is 37.5 Å². The third-order valence-corrected chi connectivity index (χ3v) is 11.3. The molecule has 0 aliphatic carbocycles. The van der Waals surface area contributed by atoms with Gasteiger partial charge in [0.1, 0.15) is 12.2 Å². The summed E-state index contributed by atoms with van der Waals surface area (Å²) < 4.78 is 45.2. The Kier molecular flexibility index (Phi) is 8.77. The predicted octanol–water partition coefficient (Wildman–Crippen LogP) is 2.01. The van der Waals surface area contributed by atoms with Crippen molar-refractivity contribution in [2.45, 2.75) is 146 Å². The van der Waals surface area contributed by atoms with E-state index >= 15 is 0 Å². The second-order valence-corrected chi connectivity index (χ2v) is 14.3. The van der Waals surface area contributed by atoms with Crippen LogP contribution in [0.5, 0.6) is 0 Å². The van der Waals surface area contributed by atoms with Gasteiger partial charge < -0.3 is 43.1 Å². The highest BCUT2D eigenvalue weighted by Gasteiger charge is 2.60. The number of ether oxygens (including phenoxy) is 7. The van der Waals surface area contributed by atoms with E-state index in [1.165, 1.54) is 0 Å². The standard InChI is InChI=1S/C32H47NO12/c1-15-10-19-21(40-23-14-38-27(41-20(23)11-15)13-26(36)45-33-24(34)6-7-25(33)35)12-22-29(42-19)17(3)28(37)31-30(43-22)16(2)18(4)32(44-31)8-5-9-39-32/h15-23,27-31,37H,5-14H2,1-4H3/t15-,16+,17+,18+,19+,20-,21-,22+,23+,27?,28+,29-,30-,31+,32?/m1/s1. The van der Waals surface area contributed by atoms with Crippen LogP contribution in [0.15, 0.2) is 0 Å². The fourth-order valence-corrected chi connectivity index (χ4v) is 8.60. The van der Waals surface area contributed by atoms with Gasteiger partial charge in [-0.1, -0.05) is 27.7 Å². The number of carbonyl (C=O) groups excluding carboxylic acids is 3. The van der Waals surface area contributed by atoms with Gasteiger partial charge in [0.2, 0.25) is 0 Å². The maximum absolute atomic E-state index is 12.5. The fourth-order valence-electron chi connectivity index (χ4n) is 8.60. The lowest BCUT2D eigenvalue weighted by atomic mass is 9.76. The Morgan fingerprint density at radius 3 is 2.27 bits per heavy atom. The number of hydrogen-bond donors (Lipinski definition) is 1. The Bertz CT molecular complexity index is 1130. The summed E-state index contributed by atoms with van der Waals surface area (Å²) in [6.07, 6.45) is -0.665. The number of aliphatic hydroxyl groups is 1. The number of aliphatic hydroxyl groups excluding tert-OH is 1. The normalized spacial score (nSPS) is 50.1. The van der Waals surface area contributed by atoms with Crippen LogP contribution in [-0.2, 0) is 52.4 Å². The largest absolute Gasteiger partial charge is 0.390 e. The molecule has 7 aliphatic rings. The molecule has 0 radical (unpaired) electrons. The number of rotatable bonds is 3. The molecular weight excluding hydrogens is 590 g/mol. The Morgan fingerprint density at radius 2 is 1.56 bits per heavy atom. The summed E-state index contributed by atoms with van der Waals surface area (Å²) in [6.45, 7) is 9.36. The van der Waals surface area contributed by atoms with Gasteiger partial charge in [-0.05, 0) is 31.1 Å². The van der Waals surface area contributed by atoms with E-state index in [-0.39, 0.29) is 92.3 Å². The van der Waals surface area contributed by atoms with E-state index in [2.05, 4.69) is 20.8 Å². The van der Waals surface area contributed by atoms with Crippen molar-refractivity contribution in [3.05, 3.63) is 0 Å². The summed E-state index contributed by atoms with van der Waals surface area (Å²) in [4.78, 5) is 41.1. The smallest absolute Gasteiger partial charge is 0.338 e. The van der Waals surface area contributed by atoms with Gasteiger partial charge in [-0.2, -0.15) is 0 Å². The van der Waals surface area contributed by atoms with Crippen LogP contribution in [0.3, 0.4) is 0 Å². The van der Waals surface area contributed by atoms with Crippen LogP contribution in [-0.4, -0.2) is 108 Å². The highest BCUT2D eigenvalue weighted by Crippen LogP contribution is 2.50. The van der Waals surface area contributed by atoms with E-state index in [9.17, 15) is 19.5 Å². The Labute approximate surface area is 263 Å². The molecule has 1 N–H and O–H groups in total. The number of imide groups is 1. The molecule has 1 spiro atoms. The molecule has 7 rings (SSSR count). The van der Waals surface area contributed by atoms with Gasteiger partial charge in [-0.15, -0.1) is 5.06 Å². The van der Waals surface area contributed by atoms with E-state index < -0.39 is 42.1 Å². The van der Waals surface area contributed by atoms with E-state index in [1.54, 1.807) is 0 Å². The first kappa shape index (κ1) is 31.9. The van der Waals surface area contributed by atoms with Crippen molar-refractivity contribution in [1.29, 1.82) is 0 Å². The first-order chi connectivity index (χ1) is 21.5. The molecule has 13 nitrogen and oxygen atoms in total. The molecule has 252 valence electrons. The Morgan fingerprint density at radius 1 is 0.867 bits per heavy atom. The molecule has 7 fully saturated rings. The van der Waals surface area contributed by atoms with Crippen LogP contribution >= 0.6 is 0 Å². The molecule has 0 saturated carbocycles. The summed E-state index contributed by atoms with van der Waals surface area (Å²) in [6, 6.07) is 0. The summed E-state index contributed by atoms with van der Waals surface area (Å²) in [5, 5.41) is 12.2. The first-order valence-electron chi connectivity index (χ1n) is 16.8. The molecule has 7 aliphatic heterocycles. The molecule has 2 amide bonds. The second kappa shape index (κ2) is 12.4. The quantitative estimate of drug-likeness (QED) is 0.451. The number of hydroxylamine groups is 2. The predicted molar refractivity (Wildman–Crippen MR) is 152 cm³/mol. The van der Waals surface area contributed by atoms with Crippen molar-refractivity contribution >= 4 is 17.8 Å². The summed E-state index contributed by atoms with van der Waals surface area (Å²) in [5.41, 5.74) is 0. The third kappa shape index (κ3) is 5.85. The molecule has 0 aromatic carbocycles. The molecule has 45 heavy (non-hydrogen) atoms. The number of hydrogen-bond acceptors (Lipinski definition) is 12. The highest BCUT2D eigenvalue weighted by molar-refractivity contribution is 6.01. The molecule has 0 aromatic heterocycles. The van der Waals surface area contributed by atoms with Crippen LogP contribution in [0.1, 0.15) is 79.1 Å². The van der Waals surface area contributed by atoms with E-state index in [0.29, 0.717) is 24.5 Å². The van der Waals surface area contributed by atoms with Gasteiger partial charge in [0.05, 0.1) is 62.4 Å². The van der Waals surface area contributed by atoms with E-state index in [4.69, 9.17) is 38.0 Å². The zero-order chi connectivity index (χ0) is 31.6. The van der Waals surface area contributed by atoms with Gasteiger partial charge in [-0.3, -0.25) is 9.59 Å². The monoisotopic (exact) mass is 637 g/mol. The topological polar surface area (TPSA) is 149 Å². The average Bonchev–Trinajstić information content (AvgIpc) is 3.58. The molecule has 7 heterocycles. The lowest BCUT2D eigenvalue weighted by Gasteiger charge is -2.51. The molecule has 2 unspecified atom stereocenters. The van der Waals surface area contributed by atoms with Crippen LogP contribution in [0.25, 0.3) is 0 Å². The van der Waals surface area contributed by atoms with Crippen LogP contribution in [0.2, 0.25) is 0 Å². The van der Waals surface area contributed by atoms with Crippen LogP contribution in [0.4, 0.5) is 0 Å². The summed E-state index contributed by atoms with van der Waals surface area (Å²) in [7, 11) is 0. The second-order valence-electron chi connectivity index (χ2n) is 14.3. The van der Waals surface area contributed by atoms with E-state index in [0.717, 1.165) is 19.3 Å². The number of carbonyl (C=O) groups is 3. The van der Waals surface area contributed by atoms with E-state index in [1.807, 2.05) is 6.92 Å². The lowest BCUT2D eigenvalue weighted by Crippen LogP contribution is -2.60. The van der Waals surface area contributed by atoms with Crippen molar-refractivity contribution in [2.75, 3.05) is 13.2 Å². The summed E-state index contributed by atoms with van der Waals surface area (Å²) in [5.74, 6) is -2.30. The van der Waals surface area contributed by atoms with Gasteiger partial charge >= 0.3 is 5.97 Å². The minimum Gasteiger partial charge on any atom is -0.390 e. The first-order valence-corrected chi connectivity index (χ1v) is 16.8. The maximum atomic E-state index is 12.5. The molecule has 13 heteroatoms. The lowest BCUT2D eigenvalue weighted by molar-refractivity contribution is -0.339. The maximum Gasteiger partial charge on any atom is 0.338 e. The third-order valence-electron chi connectivity index (χ3n) is 11.3. The summed E-state index contributed by atoms with van der Waals surface area (Å²) >= 11 is 0. The minimum absolute atomic E-state index is 0.0301. The number of fused-ring (bicyclic) bond motifs is 4. The average molecular weight is 638 g/mol.